The summed E-state index contributed by atoms with van der Waals surface area (Å²) in [6, 6.07) is 4.41. The molecule has 2 heterocycles. The van der Waals surface area contributed by atoms with Crippen LogP contribution in [0.4, 0.5) is 11.6 Å². The zero-order valence-corrected chi connectivity index (χ0v) is 13.5. The highest BCUT2D eigenvalue weighted by atomic mass is 127. The van der Waals surface area contributed by atoms with Crippen LogP contribution in [0.3, 0.4) is 0 Å². The zero-order chi connectivity index (χ0) is 13.7. The summed E-state index contributed by atoms with van der Waals surface area (Å²) in [6.45, 7) is 6.10. The van der Waals surface area contributed by atoms with Crippen molar-refractivity contribution in [3.8, 4) is 0 Å². The monoisotopic (exact) mass is 377 g/mol. The van der Waals surface area contributed by atoms with Crippen LogP contribution >= 0.6 is 22.6 Å². The normalized spacial score (nSPS) is 17.3. The fourth-order valence-corrected chi connectivity index (χ4v) is 2.63. The lowest BCUT2D eigenvalue weighted by Crippen LogP contribution is -2.37. The molecule has 0 amide bonds. The maximum atomic E-state index is 5.37. The van der Waals surface area contributed by atoms with Gasteiger partial charge in [-0.3, -0.25) is 0 Å². The number of pyridine rings is 1. The van der Waals surface area contributed by atoms with Crippen molar-refractivity contribution in [2.75, 3.05) is 50.2 Å². The van der Waals surface area contributed by atoms with Gasteiger partial charge in [0.1, 0.15) is 11.6 Å². The number of ether oxygens (including phenoxy) is 2. The van der Waals surface area contributed by atoms with Gasteiger partial charge in [-0.1, -0.05) is 0 Å². The first-order chi connectivity index (χ1) is 9.19. The number of nitrogens with one attached hydrogen (secondary N) is 1. The van der Waals surface area contributed by atoms with Gasteiger partial charge < -0.3 is 19.7 Å². The molecule has 1 fully saturated rings. The summed E-state index contributed by atoms with van der Waals surface area (Å²) in [4.78, 5) is 6.94. The molecule has 0 saturated carbocycles. The van der Waals surface area contributed by atoms with E-state index in [-0.39, 0.29) is 6.04 Å². The first-order valence-corrected chi connectivity index (χ1v) is 7.52. The number of aromatic nitrogens is 1. The Balaban J connectivity index is 2.09. The zero-order valence-electron chi connectivity index (χ0n) is 11.4. The molecule has 1 aromatic heterocycles. The Morgan fingerprint density at radius 3 is 2.89 bits per heavy atom. The predicted octanol–water partition coefficient (Wildman–Crippen LogP) is 1.97. The van der Waals surface area contributed by atoms with Crippen LogP contribution in [-0.2, 0) is 9.47 Å². The molecule has 0 unspecified atom stereocenters. The molecule has 0 bridgehead atoms. The summed E-state index contributed by atoms with van der Waals surface area (Å²) in [7, 11) is 1.71. The Morgan fingerprint density at radius 2 is 2.21 bits per heavy atom. The maximum Gasteiger partial charge on any atom is 0.132 e. The number of anilines is 2. The van der Waals surface area contributed by atoms with Crippen molar-refractivity contribution >= 4 is 34.2 Å². The molecule has 0 spiro atoms. The summed E-state index contributed by atoms with van der Waals surface area (Å²) in [5.74, 6) is 1.92. The third-order valence-corrected chi connectivity index (χ3v) is 3.55. The van der Waals surface area contributed by atoms with E-state index < -0.39 is 0 Å². The van der Waals surface area contributed by atoms with Crippen LogP contribution in [0.2, 0.25) is 0 Å². The average molecular weight is 377 g/mol. The van der Waals surface area contributed by atoms with E-state index in [2.05, 4.69) is 56.8 Å². The summed E-state index contributed by atoms with van der Waals surface area (Å²) >= 11 is 2.33. The smallest absolute Gasteiger partial charge is 0.132 e. The minimum absolute atomic E-state index is 0.244. The van der Waals surface area contributed by atoms with Crippen molar-refractivity contribution < 1.29 is 9.47 Å². The second-order valence-corrected chi connectivity index (χ2v) is 5.87. The molecule has 0 aliphatic carbocycles. The van der Waals surface area contributed by atoms with Gasteiger partial charge in [-0.05, 0) is 41.6 Å². The first kappa shape index (κ1) is 14.8. The number of hydrogen-bond acceptors (Lipinski definition) is 5. The lowest BCUT2D eigenvalue weighted by Gasteiger charge is -2.28. The van der Waals surface area contributed by atoms with E-state index in [0.717, 1.165) is 37.9 Å². The quantitative estimate of drug-likeness (QED) is 0.796. The molecule has 1 atom stereocenters. The van der Waals surface area contributed by atoms with Crippen molar-refractivity contribution in [3.05, 3.63) is 15.7 Å². The van der Waals surface area contributed by atoms with Gasteiger partial charge in [-0.15, -0.1) is 0 Å². The molecule has 5 nitrogen and oxygen atoms in total. The van der Waals surface area contributed by atoms with Crippen molar-refractivity contribution in [3.63, 3.8) is 0 Å². The SMILES string of the molecule is COC[C@@H](C)Nc1cc(I)cc(N2CCOCC2)n1. The van der Waals surface area contributed by atoms with Gasteiger partial charge in [0.15, 0.2) is 0 Å². The molecule has 1 aliphatic heterocycles. The number of halogens is 1. The number of morpholine rings is 1. The maximum absolute atomic E-state index is 5.37. The van der Waals surface area contributed by atoms with Crippen molar-refractivity contribution in [2.24, 2.45) is 0 Å². The Bertz CT molecular complexity index is 411. The van der Waals surface area contributed by atoms with Crippen LogP contribution in [0.5, 0.6) is 0 Å². The highest BCUT2D eigenvalue weighted by molar-refractivity contribution is 14.1. The first-order valence-electron chi connectivity index (χ1n) is 6.45. The van der Waals surface area contributed by atoms with Crippen LogP contribution in [0.25, 0.3) is 0 Å². The summed E-state index contributed by atoms with van der Waals surface area (Å²) in [5.41, 5.74) is 0. The largest absolute Gasteiger partial charge is 0.383 e. The lowest BCUT2D eigenvalue weighted by atomic mass is 10.3. The molecule has 0 radical (unpaired) electrons. The Morgan fingerprint density at radius 1 is 1.47 bits per heavy atom. The van der Waals surface area contributed by atoms with E-state index in [4.69, 9.17) is 9.47 Å². The van der Waals surface area contributed by atoms with E-state index in [1.807, 2.05) is 0 Å². The Kier molecular flexibility index (Phi) is 5.65. The average Bonchev–Trinajstić information content (AvgIpc) is 2.39. The van der Waals surface area contributed by atoms with E-state index in [0.29, 0.717) is 6.61 Å². The van der Waals surface area contributed by atoms with Gasteiger partial charge >= 0.3 is 0 Å². The van der Waals surface area contributed by atoms with Crippen LogP contribution in [0, 0.1) is 3.57 Å². The fraction of sp³-hybridized carbons (Fsp3) is 0.615. The van der Waals surface area contributed by atoms with E-state index >= 15 is 0 Å². The van der Waals surface area contributed by atoms with Crippen LogP contribution in [0.1, 0.15) is 6.92 Å². The molecule has 19 heavy (non-hydrogen) atoms. The highest BCUT2D eigenvalue weighted by Gasteiger charge is 2.14. The van der Waals surface area contributed by atoms with Gasteiger partial charge in [-0.2, -0.15) is 0 Å². The molecule has 1 aromatic rings. The summed E-state index contributed by atoms with van der Waals surface area (Å²) in [6.07, 6.45) is 0. The van der Waals surface area contributed by atoms with Crippen molar-refractivity contribution in [1.82, 2.24) is 4.98 Å². The molecule has 106 valence electrons. The van der Waals surface area contributed by atoms with Gasteiger partial charge in [0.25, 0.3) is 0 Å². The van der Waals surface area contributed by atoms with Crippen LogP contribution in [-0.4, -0.2) is 51.0 Å². The molecular formula is C13H20IN3O2. The number of methoxy groups -OCH3 is 1. The topological polar surface area (TPSA) is 46.6 Å². The van der Waals surface area contributed by atoms with Gasteiger partial charge in [-0.25, -0.2) is 4.98 Å². The number of rotatable bonds is 5. The summed E-state index contributed by atoms with van der Waals surface area (Å²) in [5, 5.41) is 3.36. The molecule has 6 heteroatoms. The van der Waals surface area contributed by atoms with Gasteiger partial charge in [0, 0.05) is 29.8 Å². The molecular weight excluding hydrogens is 357 g/mol. The highest BCUT2D eigenvalue weighted by Crippen LogP contribution is 2.20. The van der Waals surface area contributed by atoms with Gasteiger partial charge in [0.05, 0.1) is 19.8 Å². The van der Waals surface area contributed by atoms with Crippen LogP contribution < -0.4 is 10.2 Å². The second kappa shape index (κ2) is 7.25. The number of nitrogens with zero attached hydrogens (tertiary/aromatic N) is 2. The summed E-state index contributed by atoms with van der Waals surface area (Å²) < 4.78 is 11.7. The molecule has 1 N–H and O–H groups in total. The Labute approximate surface area is 127 Å². The minimum Gasteiger partial charge on any atom is -0.383 e. The fourth-order valence-electron chi connectivity index (χ4n) is 2.06. The predicted molar refractivity (Wildman–Crippen MR) is 84.9 cm³/mol. The molecule has 2 rings (SSSR count). The third-order valence-electron chi connectivity index (χ3n) is 2.92. The molecule has 0 aromatic carbocycles. The minimum atomic E-state index is 0.244. The van der Waals surface area contributed by atoms with Crippen molar-refractivity contribution in [2.45, 2.75) is 13.0 Å². The lowest BCUT2D eigenvalue weighted by molar-refractivity contribution is 0.122. The standard InChI is InChI=1S/C13H20IN3O2/c1-10(9-18-2)15-12-7-11(14)8-13(16-12)17-3-5-19-6-4-17/h7-8,10H,3-6,9H2,1-2H3,(H,15,16)/t10-/m1/s1. The molecule has 1 saturated heterocycles. The Hall–Kier alpha value is -0.600. The van der Waals surface area contributed by atoms with E-state index in [1.54, 1.807) is 7.11 Å². The third kappa shape index (κ3) is 4.47. The van der Waals surface area contributed by atoms with Crippen LogP contribution in [0.15, 0.2) is 12.1 Å². The van der Waals surface area contributed by atoms with E-state index in [9.17, 15) is 0 Å². The number of hydrogen-bond donors (Lipinski definition) is 1. The van der Waals surface area contributed by atoms with Crippen molar-refractivity contribution in [1.29, 1.82) is 0 Å². The van der Waals surface area contributed by atoms with Gasteiger partial charge in [0.2, 0.25) is 0 Å². The molecule has 1 aliphatic rings. The van der Waals surface area contributed by atoms with E-state index in [1.165, 1.54) is 3.57 Å². The second-order valence-electron chi connectivity index (χ2n) is 4.63.